The predicted molar refractivity (Wildman–Crippen MR) is 138 cm³/mol. The number of fused-ring (bicyclic) bond motifs is 4. The average Bonchev–Trinajstić information content (AvgIpc) is 3.03. The van der Waals surface area contributed by atoms with E-state index in [-0.39, 0.29) is 33.7 Å². The Labute approximate surface area is 203 Å². The van der Waals surface area contributed by atoms with Gasteiger partial charge < -0.3 is 9.90 Å². The van der Waals surface area contributed by atoms with E-state index in [0.29, 0.717) is 17.8 Å². The summed E-state index contributed by atoms with van der Waals surface area (Å²) in [4.78, 5) is 12.4. The molecule has 33 heavy (non-hydrogen) atoms. The van der Waals surface area contributed by atoms with Crippen molar-refractivity contribution in [1.29, 1.82) is 0 Å². The zero-order valence-electron chi connectivity index (χ0n) is 22.6. The Kier molecular flexibility index (Phi) is 6.38. The summed E-state index contributed by atoms with van der Waals surface area (Å²) in [6.07, 6.45) is 12.4. The van der Waals surface area contributed by atoms with Crippen LogP contribution in [0.5, 0.6) is 0 Å². The molecular formula is C31H50O2. The van der Waals surface area contributed by atoms with E-state index in [9.17, 15) is 9.90 Å². The van der Waals surface area contributed by atoms with E-state index < -0.39 is 0 Å². The van der Waals surface area contributed by atoms with Crippen molar-refractivity contribution >= 4 is 6.29 Å². The second kappa shape index (κ2) is 8.35. The quantitative estimate of drug-likeness (QED) is 0.327. The second-order valence-corrected chi connectivity index (χ2v) is 13.9. The van der Waals surface area contributed by atoms with Crippen molar-refractivity contribution in [2.24, 2.45) is 45.3 Å². The third-order valence-electron chi connectivity index (χ3n) is 12.1. The molecule has 186 valence electrons. The van der Waals surface area contributed by atoms with Crippen LogP contribution in [0.3, 0.4) is 0 Å². The normalized spacial score (nSPS) is 43.0. The molecule has 2 saturated carbocycles. The van der Waals surface area contributed by atoms with Crippen LogP contribution in [0.25, 0.3) is 0 Å². The molecule has 0 aromatic rings. The Morgan fingerprint density at radius 1 is 1.03 bits per heavy atom. The van der Waals surface area contributed by atoms with E-state index in [1.165, 1.54) is 50.4 Å². The van der Waals surface area contributed by atoms with Gasteiger partial charge in [-0.15, -0.1) is 0 Å². The largest absolute Gasteiger partial charge is 0.393 e. The number of aldehydes is 1. The molecule has 0 amide bonds. The fourth-order valence-electron chi connectivity index (χ4n) is 9.41. The molecule has 0 aromatic carbocycles. The van der Waals surface area contributed by atoms with Crippen LogP contribution >= 0.6 is 0 Å². The summed E-state index contributed by atoms with van der Waals surface area (Å²) in [5.41, 5.74) is 5.47. The van der Waals surface area contributed by atoms with Gasteiger partial charge in [-0.25, -0.2) is 0 Å². The van der Waals surface area contributed by atoms with E-state index in [1.807, 2.05) is 0 Å². The Balaban J connectivity index is 1.65. The van der Waals surface area contributed by atoms with Crippen LogP contribution in [-0.4, -0.2) is 17.5 Å². The lowest BCUT2D eigenvalue weighted by molar-refractivity contribution is -0.115. The molecule has 0 spiro atoms. The third kappa shape index (κ3) is 3.56. The zero-order valence-corrected chi connectivity index (χ0v) is 22.6. The van der Waals surface area contributed by atoms with Gasteiger partial charge in [0.2, 0.25) is 0 Å². The fourth-order valence-corrected chi connectivity index (χ4v) is 9.41. The number of hydrogen-bond acceptors (Lipinski definition) is 2. The van der Waals surface area contributed by atoms with E-state index in [1.54, 1.807) is 11.1 Å². The summed E-state index contributed by atoms with van der Waals surface area (Å²) in [5, 5.41) is 10.8. The van der Waals surface area contributed by atoms with Crippen LogP contribution in [0.4, 0.5) is 0 Å². The van der Waals surface area contributed by atoms with Crippen LogP contribution < -0.4 is 0 Å². The van der Waals surface area contributed by atoms with Gasteiger partial charge in [-0.1, -0.05) is 71.8 Å². The summed E-state index contributed by atoms with van der Waals surface area (Å²) in [6.45, 7) is 20.9. The molecule has 0 saturated heterocycles. The van der Waals surface area contributed by atoms with Crippen LogP contribution in [0, 0.1) is 45.3 Å². The Hall–Kier alpha value is -0.890. The van der Waals surface area contributed by atoms with Crippen molar-refractivity contribution in [3.05, 3.63) is 23.3 Å². The predicted octanol–water partition coefficient (Wildman–Crippen LogP) is 7.90. The molecule has 4 aliphatic rings. The van der Waals surface area contributed by atoms with Gasteiger partial charge in [0, 0.05) is 5.92 Å². The maximum atomic E-state index is 12.4. The Morgan fingerprint density at radius 2 is 1.73 bits per heavy atom. The van der Waals surface area contributed by atoms with Gasteiger partial charge in [0.25, 0.3) is 0 Å². The average molecular weight is 455 g/mol. The monoisotopic (exact) mass is 454 g/mol. The molecule has 2 nitrogen and oxygen atoms in total. The molecular weight excluding hydrogens is 404 g/mol. The van der Waals surface area contributed by atoms with Gasteiger partial charge in [-0.2, -0.15) is 0 Å². The number of aliphatic hydroxyl groups is 1. The molecule has 0 heterocycles. The fraction of sp³-hybridized carbons (Fsp3) is 0.839. The molecule has 4 rings (SSSR count). The van der Waals surface area contributed by atoms with E-state index in [4.69, 9.17) is 0 Å². The number of allylic oxidation sites excluding steroid dienone is 3. The molecule has 4 aliphatic carbocycles. The first-order valence-corrected chi connectivity index (χ1v) is 13.9. The van der Waals surface area contributed by atoms with E-state index >= 15 is 0 Å². The van der Waals surface area contributed by atoms with E-state index in [0.717, 1.165) is 25.7 Å². The van der Waals surface area contributed by atoms with Crippen LogP contribution in [-0.2, 0) is 4.79 Å². The molecule has 2 heteroatoms. The standard InChI is InChI=1S/C31H50O2/c1-20(2)21(3)9-10-22(19-32)23-13-17-31(8)25-11-12-26-28(4,5)27(33)15-16-29(26,6)24(25)14-18-30(23,31)7/h19-20,22-23,26-27,33H,3,9-18H2,1-2,4-8H3/t22?,23-,26?,27+,29-,30-,31?/m1/s1. The van der Waals surface area contributed by atoms with Crippen molar-refractivity contribution in [3.8, 4) is 0 Å². The highest BCUT2D eigenvalue weighted by Crippen LogP contribution is 2.72. The van der Waals surface area contributed by atoms with Crippen molar-refractivity contribution in [2.45, 2.75) is 119 Å². The van der Waals surface area contributed by atoms with Crippen molar-refractivity contribution < 1.29 is 9.90 Å². The number of carbonyl (C=O) groups excluding carboxylic acids is 1. The van der Waals surface area contributed by atoms with Gasteiger partial charge in [-0.3, -0.25) is 0 Å². The van der Waals surface area contributed by atoms with Gasteiger partial charge in [0.15, 0.2) is 0 Å². The molecule has 1 N–H and O–H groups in total. The van der Waals surface area contributed by atoms with Crippen LogP contribution in [0.2, 0.25) is 0 Å². The van der Waals surface area contributed by atoms with Crippen molar-refractivity contribution in [1.82, 2.24) is 0 Å². The topological polar surface area (TPSA) is 37.3 Å². The third-order valence-corrected chi connectivity index (χ3v) is 12.1. The molecule has 0 bridgehead atoms. The SMILES string of the molecule is C=C(CCC(C=O)[C@H]1CCC2(C)C3=C(CC[C@]12C)[C@@]1(C)CC[C@H](O)C(C)(C)C1CC3)C(C)C. The van der Waals surface area contributed by atoms with Gasteiger partial charge in [0.05, 0.1) is 6.10 Å². The number of rotatable bonds is 6. The highest BCUT2D eigenvalue weighted by molar-refractivity contribution is 5.55. The zero-order chi connectivity index (χ0) is 24.4. The van der Waals surface area contributed by atoms with Gasteiger partial charge in [0.1, 0.15) is 6.29 Å². The molecule has 7 atom stereocenters. The van der Waals surface area contributed by atoms with E-state index in [2.05, 4.69) is 55.0 Å². The van der Waals surface area contributed by atoms with Gasteiger partial charge in [-0.05, 0) is 104 Å². The number of aliphatic hydroxyl groups excluding tert-OH is 1. The summed E-state index contributed by atoms with van der Waals surface area (Å²) in [6, 6.07) is 0. The summed E-state index contributed by atoms with van der Waals surface area (Å²) >= 11 is 0. The summed E-state index contributed by atoms with van der Waals surface area (Å²) in [7, 11) is 0. The van der Waals surface area contributed by atoms with Gasteiger partial charge >= 0.3 is 0 Å². The maximum absolute atomic E-state index is 12.4. The number of hydrogen-bond donors (Lipinski definition) is 1. The lowest BCUT2D eigenvalue weighted by Crippen LogP contribution is -2.55. The lowest BCUT2D eigenvalue weighted by Gasteiger charge is -2.62. The van der Waals surface area contributed by atoms with Crippen molar-refractivity contribution in [3.63, 3.8) is 0 Å². The first-order valence-electron chi connectivity index (χ1n) is 13.9. The Morgan fingerprint density at radius 3 is 2.36 bits per heavy atom. The molecule has 0 aromatic heterocycles. The minimum atomic E-state index is -0.174. The summed E-state index contributed by atoms with van der Waals surface area (Å²) in [5.74, 6) is 1.72. The maximum Gasteiger partial charge on any atom is 0.123 e. The minimum Gasteiger partial charge on any atom is -0.393 e. The molecule has 0 aliphatic heterocycles. The first-order chi connectivity index (χ1) is 15.3. The molecule has 3 unspecified atom stereocenters. The minimum absolute atomic E-state index is 0.00712. The number of carbonyl (C=O) groups is 1. The summed E-state index contributed by atoms with van der Waals surface area (Å²) < 4.78 is 0. The van der Waals surface area contributed by atoms with Crippen molar-refractivity contribution in [2.75, 3.05) is 0 Å². The highest BCUT2D eigenvalue weighted by Gasteiger charge is 2.63. The highest BCUT2D eigenvalue weighted by atomic mass is 16.3. The molecule has 0 radical (unpaired) electrons. The smallest absolute Gasteiger partial charge is 0.123 e. The Bertz CT molecular complexity index is 834. The van der Waals surface area contributed by atoms with Crippen LogP contribution in [0.1, 0.15) is 113 Å². The van der Waals surface area contributed by atoms with Crippen LogP contribution in [0.15, 0.2) is 23.3 Å². The molecule has 2 fully saturated rings. The lowest BCUT2D eigenvalue weighted by atomic mass is 9.43. The second-order valence-electron chi connectivity index (χ2n) is 13.9. The first kappa shape index (κ1) is 25.2.